The fourth-order valence-electron chi connectivity index (χ4n) is 2.48. The fraction of sp³-hybridized carbons (Fsp3) is 1.00. The Labute approximate surface area is 110 Å². The summed E-state index contributed by atoms with van der Waals surface area (Å²) in [5, 5.41) is 0. The Bertz CT molecular complexity index is 409. The summed E-state index contributed by atoms with van der Waals surface area (Å²) in [6, 6.07) is 0. The molecule has 0 aromatic rings. The van der Waals surface area contributed by atoms with E-state index in [9.17, 15) is 61.5 Å². The van der Waals surface area contributed by atoms with Crippen molar-refractivity contribution in [1.82, 2.24) is 0 Å². The highest BCUT2D eigenvalue weighted by Crippen LogP contribution is 2.81. The molecule has 3 rings (SSSR count). The predicted octanol–water partition coefficient (Wildman–Crippen LogP) is 4.24. The topological polar surface area (TPSA) is 0 Å². The molecule has 0 atom stereocenters. The van der Waals surface area contributed by atoms with Gasteiger partial charge >= 0.3 is 46.9 Å². The summed E-state index contributed by atoms with van der Waals surface area (Å²) < 4.78 is 183. The van der Waals surface area contributed by atoms with E-state index in [-0.39, 0.29) is 0 Å². The lowest BCUT2D eigenvalue weighted by Gasteiger charge is -2.64. The van der Waals surface area contributed by atoms with E-state index in [1.807, 2.05) is 0 Å². The summed E-state index contributed by atoms with van der Waals surface area (Å²) >= 11 is 0. The van der Waals surface area contributed by atoms with E-state index in [0.29, 0.717) is 0 Å². The van der Waals surface area contributed by atoms with Gasteiger partial charge in [-0.1, -0.05) is 0 Å². The van der Waals surface area contributed by atoms with Gasteiger partial charge in [-0.25, -0.2) is 8.78 Å². The van der Waals surface area contributed by atoms with Crippen LogP contribution in [0.3, 0.4) is 0 Å². The smallest absolute Gasteiger partial charge is 0.223 e. The maximum absolute atomic E-state index is 13.5. The molecule has 0 radical (unpaired) electrons. The standard InChI is InChI=1S/C8F14/c9-1-3(11,12)6(17,18)2(10,7(19,20)4(1,13)14)8(21,22)5(1,15)16. The molecule has 0 N–H and O–H groups in total. The maximum Gasteiger partial charge on any atom is 0.359 e. The van der Waals surface area contributed by atoms with E-state index in [1.165, 1.54) is 0 Å². The third-order valence-corrected chi connectivity index (χ3v) is 3.78. The molecule has 3 aliphatic rings. The molecule has 0 unspecified atom stereocenters. The lowest BCUT2D eigenvalue weighted by Crippen LogP contribution is -2.99. The molecule has 3 saturated carbocycles. The Kier molecular flexibility index (Phi) is 2.59. The molecule has 0 aliphatic heterocycles. The molecule has 2 bridgehead atoms. The molecule has 130 valence electrons. The monoisotopic (exact) mass is 362 g/mol. The van der Waals surface area contributed by atoms with Gasteiger partial charge in [-0.3, -0.25) is 0 Å². The van der Waals surface area contributed by atoms with Crippen molar-refractivity contribution in [3.8, 4) is 0 Å². The van der Waals surface area contributed by atoms with Gasteiger partial charge in [-0.05, 0) is 0 Å². The van der Waals surface area contributed by atoms with Crippen LogP contribution in [0.4, 0.5) is 61.5 Å². The minimum atomic E-state index is -7.74. The number of fused-ring (bicyclic) bond motifs is 3. The number of rotatable bonds is 0. The van der Waals surface area contributed by atoms with Gasteiger partial charge in [0.2, 0.25) is 0 Å². The first-order chi connectivity index (χ1) is 9.25. The van der Waals surface area contributed by atoms with Gasteiger partial charge in [0.05, 0.1) is 0 Å². The van der Waals surface area contributed by atoms with Gasteiger partial charge in [0, 0.05) is 0 Å². The number of hydrogen-bond acceptors (Lipinski definition) is 0. The summed E-state index contributed by atoms with van der Waals surface area (Å²) in [5.41, 5.74) is -15.5. The third-order valence-electron chi connectivity index (χ3n) is 3.78. The quantitative estimate of drug-likeness (QED) is 0.566. The van der Waals surface area contributed by atoms with Crippen molar-refractivity contribution in [2.45, 2.75) is 46.9 Å². The van der Waals surface area contributed by atoms with Crippen LogP contribution in [0.5, 0.6) is 0 Å². The maximum atomic E-state index is 13.5. The van der Waals surface area contributed by atoms with Gasteiger partial charge < -0.3 is 0 Å². The van der Waals surface area contributed by atoms with Gasteiger partial charge in [0.15, 0.2) is 0 Å². The molecule has 0 amide bonds. The van der Waals surface area contributed by atoms with Crippen LogP contribution >= 0.6 is 0 Å². The normalized spacial score (nSPS) is 45.5. The first-order valence-corrected chi connectivity index (χ1v) is 4.90. The van der Waals surface area contributed by atoms with E-state index in [0.717, 1.165) is 0 Å². The van der Waals surface area contributed by atoms with Crippen molar-refractivity contribution in [3.05, 3.63) is 0 Å². The molecule has 0 heterocycles. The molecule has 0 aromatic carbocycles. The minimum absolute atomic E-state index is 7.56. The van der Waals surface area contributed by atoms with Gasteiger partial charge in [0.1, 0.15) is 0 Å². The second-order valence-corrected chi connectivity index (χ2v) is 4.76. The Morgan fingerprint density at radius 2 is 0.318 bits per heavy atom. The average Bonchev–Trinajstić information content (AvgIpc) is 2.32. The second kappa shape index (κ2) is 3.28. The Balaban J connectivity index is 3.11. The molecule has 0 aromatic heterocycles. The van der Waals surface area contributed by atoms with Gasteiger partial charge in [-0.2, -0.15) is 52.7 Å². The van der Waals surface area contributed by atoms with Crippen LogP contribution in [0.15, 0.2) is 0 Å². The molecule has 0 nitrogen and oxygen atoms in total. The Hall–Kier alpha value is -0.980. The zero-order valence-corrected chi connectivity index (χ0v) is 9.29. The Morgan fingerprint density at radius 1 is 0.227 bits per heavy atom. The summed E-state index contributed by atoms with van der Waals surface area (Å²) in [4.78, 5) is 0. The number of hydrogen-bond donors (Lipinski definition) is 0. The highest BCUT2D eigenvalue weighted by atomic mass is 19.4. The predicted molar refractivity (Wildman–Crippen MR) is 37.4 cm³/mol. The largest absolute Gasteiger partial charge is 0.359 e. The molecule has 3 aliphatic carbocycles. The van der Waals surface area contributed by atoms with Crippen molar-refractivity contribution in [3.63, 3.8) is 0 Å². The summed E-state index contributed by atoms with van der Waals surface area (Å²) in [6.45, 7) is 0. The molecule has 14 heteroatoms. The molecular formula is C8F14. The first-order valence-electron chi connectivity index (χ1n) is 4.90. The van der Waals surface area contributed by atoms with Crippen LogP contribution in [0.25, 0.3) is 0 Å². The van der Waals surface area contributed by atoms with Gasteiger partial charge in [0.25, 0.3) is 0 Å². The zero-order chi connectivity index (χ0) is 18.0. The van der Waals surface area contributed by atoms with Crippen LogP contribution < -0.4 is 0 Å². The molecule has 0 saturated heterocycles. The fourth-order valence-corrected chi connectivity index (χ4v) is 2.48. The van der Waals surface area contributed by atoms with E-state index < -0.39 is 46.9 Å². The van der Waals surface area contributed by atoms with Crippen LogP contribution in [-0.2, 0) is 0 Å². The second-order valence-electron chi connectivity index (χ2n) is 4.76. The van der Waals surface area contributed by atoms with Crippen molar-refractivity contribution in [1.29, 1.82) is 0 Å². The first kappa shape index (κ1) is 17.4. The van der Waals surface area contributed by atoms with Crippen molar-refractivity contribution in [2.75, 3.05) is 0 Å². The average molecular weight is 362 g/mol. The highest BCUT2D eigenvalue weighted by Gasteiger charge is 3.16. The lowest BCUT2D eigenvalue weighted by atomic mass is 9.54. The van der Waals surface area contributed by atoms with Crippen molar-refractivity contribution < 1.29 is 61.5 Å². The van der Waals surface area contributed by atoms with Gasteiger partial charge in [-0.15, -0.1) is 0 Å². The van der Waals surface area contributed by atoms with E-state index in [2.05, 4.69) is 0 Å². The lowest BCUT2D eigenvalue weighted by molar-refractivity contribution is -0.568. The summed E-state index contributed by atoms with van der Waals surface area (Å²) in [7, 11) is 0. The van der Waals surface area contributed by atoms with Crippen molar-refractivity contribution >= 4 is 0 Å². The minimum Gasteiger partial charge on any atom is -0.223 e. The zero-order valence-electron chi connectivity index (χ0n) is 9.29. The molecule has 0 spiro atoms. The molecular weight excluding hydrogens is 362 g/mol. The Morgan fingerprint density at radius 3 is 0.409 bits per heavy atom. The summed E-state index contributed by atoms with van der Waals surface area (Å²) in [6.07, 6.45) is 0. The van der Waals surface area contributed by atoms with Crippen LogP contribution in [0.2, 0.25) is 0 Å². The third kappa shape index (κ3) is 0.965. The van der Waals surface area contributed by atoms with E-state index >= 15 is 0 Å². The van der Waals surface area contributed by atoms with Crippen LogP contribution in [-0.4, -0.2) is 46.9 Å². The highest BCUT2D eigenvalue weighted by molar-refractivity contribution is 5.43. The van der Waals surface area contributed by atoms with E-state index in [1.54, 1.807) is 0 Å². The summed E-state index contributed by atoms with van der Waals surface area (Å²) in [5.74, 6) is -45.4. The van der Waals surface area contributed by atoms with Crippen LogP contribution in [0, 0.1) is 0 Å². The molecule has 22 heavy (non-hydrogen) atoms. The molecule has 3 fully saturated rings. The number of alkyl halides is 14. The number of halogens is 14. The van der Waals surface area contributed by atoms with Crippen molar-refractivity contribution in [2.24, 2.45) is 0 Å². The van der Waals surface area contributed by atoms with Crippen LogP contribution in [0.1, 0.15) is 0 Å². The SMILES string of the molecule is FC1(F)C(F)(F)C2(F)C(F)(F)C(F)(F)C1(F)C(F)(F)C2(F)F. The van der Waals surface area contributed by atoms with E-state index in [4.69, 9.17) is 0 Å².